The second-order valence-corrected chi connectivity index (χ2v) is 6.91. The highest BCUT2D eigenvalue weighted by Crippen LogP contribution is 2.32. The summed E-state index contributed by atoms with van der Waals surface area (Å²) in [5, 5.41) is 3.86. The molecule has 1 aliphatic rings. The average Bonchev–Trinajstić information content (AvgIpc) is 2.73. The molecule has 2 heterocycles. The number of H-pyrrole nitrogens is 1. The van der Waals surface area contributed by atoms with Gasteiger partial charge in [0.25, 0.3) is 0 Å². The number of hydrogen-bond acceptors (Lipinski definition) is 4. The number of pyridine rings is 1. The van der Waals surface area contributed by atoms with Crippen LogP contribution in [-0.2, 0) is 6.54 Å². The highest BCUT2D eigenvalue weighted by molar-refractivity contribution is 5.90. The number of urea groups is 1. The van der Waals surface area contributed by atoms with Crippen molar-refractivity contribution in [2.45, 2.75) is 19.9 Å². The number of aromatic nitrogens is 1. The van der Waals surface area contributed by atoms with Crippen molar-refractivity contribution in [1.29, 1.82) is 0 Å². The molecule has 0 radical (unpaired) electrons. The molecule has 2 amide bonds. The first kappa shape index (κ1) is 18.9. The zero-order valence-corrected chi connectivity index (χ0v) is 16.2. The van der Waals surface area contributed by atoms with Crippen LogP contribution in [-0.4, -0.2) is 35.7 Å². The predicted octanol–water partition coefficient (Wildman–Crippen LogP) is 3.74. The first-order valence-corrected chi connectivity index (χ1v) is 9.70. The monoisotopic (exact) mass is 393 g/mol. The van der Waals surface area contributed by atoms with Gasteiger partial charge in [-0.05, 0) is 30.2 Å². The fourth-order valence-electron chi connectivity index (χ4n) is 3.46. The zero-order valence-electron chi connectivity index (χ0n) is 16.2. The van der Waals surface area contributed by atoms with Crippen molar-refractivity contribution in [2.24, 2.45) is 0 Å². The Morgan fingerprint density at radius 2 is 1.90 bits per heavy atom. The Balaban J connectivity index is 1.56. The molecule has 2 aromatic carbocycles. The number of anilines is 1. The molecule has 150 valence electrons. The van der Waals surface area contributed by atoms with Crippen molar-refractivity contribution < 1.29 is 14.3 Å². The van der Waals surface area contributed by atoms with Crippen LogP contribution in [0.2, 0.25) is 0 Å². The van der Waals surface area contributed by atoms with E-state index in [0.29, 0.717) is 43.5 Å². The Kier molecular flexibility index (Phi) is 5.37. The lowest BCUT2D eigenvalue weighted by Gasteiger charge is -2.24. The molecule has 1 aliphatic heterocycles. The number of ether oxygens (including phenoxy) is 2. The number of rotatable bonds is 5. The van der Waals surface area contributed by atoms with Gasteiger partial charge in [-0.2, -0.15) is 0 Å². The Labute approximate surface area is 168 Å². The summed E-state index contributed by atoms with van der Waals surface area (Å²) in [7, 11) is 0. The lowest BCUT2D eigenvalue weighted by Crippen LogP contribution is -2.35. The molecule has 0 saturated heterocycles. The number of benzene rings is 2. The highest BCUT2D eigenvalue weighted by Gasteiger charge is 2.17. The number of carbonyl (C=O) groups excluding carboxylic acids is 1. The van der Waals surface area contributed by atoms with Gasteiger partial charge in [0.15, 0.2) is 11.5 Å². The molecule has 0 bridgehead atoms. The van der Waals surface area contributed by atoms with E-state index in [2.05, 4.69) is 10.3 Å². The quantitative estimate of drug-likeness (QED) is 0.692. The van der Waals surface area contributed by atoms with E-state index >= 15 is 0 Å². The molecule has 3 aromatic rings. The number of nitrogens with one attached hydrogen (secondary N) is 2. The summed E-state index contributed by atoms with van der Waals surface area (Å²) in [6, 6.07) is 14.3. The molecule has 0 aliphatic carbocycles. The van der Waals surface area contributed by atoms with Crippen molar-refractivity contribution in [1.82, 2.24) is 9.88 Å². The average molecular weight is 393 g/mol. The third kappa shape index (κ3) is 4.18. The van der Waals surface area contributed by atoms with Crippen LogP contribution in [0.5, 0.6) is 11.5 Å². The van der Waals surface area contributed by atoms with Crippen LogP contribution in [0.3, 0.4) is 0 Å². The number of fused-ring (bicyclic) bond motifs is 2. The van der Waals surface area contributed by atoms with E-state index in [4.69, 9.17) is 9.47 Å². The molecule has 0 spiro atoms. The third-order valence-corrected chi connectivity index (χ3v) is 4.77. The molecular formula is C22H23N3O4. The van der Waals surface area contributed by atoms with Gasteiger partial charge in [0.2, 0.25) is 5.56 Å². The van der Waals surface area contributed by atoms with E-state index in [1.165, 1.54) is 0 Å². The molecule has 0 saturated carbocycles. The first-order chi connectivity index (χ1) is 14.1. The van der Waals surface area contributed by atoms with Gasteiger partial charge in [0.1, 0.15) is 13.2 Å². The molecular weight excluding hydrogens is 370 g/mol. The van der Waals surface area contributed by atoms with Crippen molar-refractivity contribution in [3.05, 3.63) is 64.4 Å². The number of nitrogens with zero attached hydrogens (tertiary/aromatic N) is 1. The maximum Gasteiger partial charge on any atom is 0.322 e. The van der Waals surface area contributed by atoms with Crippen LogP contribution in [0.1, 0.15) is 18.9 Å². The van der Waals surface area contributed by atoms with Crippen LogP contribution in [0.15, 0.2) is 53.3 Å². The van der Waals surface area contributed by atoms with E-state index in [-0.39, 0.29) is 11.6 Å². The predicted molar refractivity (Wildman–Crippen MR) is 112 cm³/mol. The standard InChI is InChI=1S/C22H23N3O4/c1-2-9-25(14-15-12-21(26)24-18-6-4-3-5-17(15)18)22(27)23-16-7-8-19-20(13-16)29-11-10-28-19/h3-8,12-13H,2,9-11,14H2,1H3,(H,23,27)(H,24,26). The number of aromatic amines is 1. The van der Waals surface area contributed by atoms with E-state index in [9.17, 15) is 9.59 Å². The third-order valence-electron chi connectivity index (χ3n) is 4.77. The van der Waals surface area contributed by atoms with Crippen LogP contribution in [0.4, 0.5) is 10.5 Å². The first-order valence-electron chi connectivity index (χ1n) is 9.70. The largest absolute Gasteiger partial charge is 0.486 e. The number of amides is 2. The lowest BCUT2D eigenvalue weighted by atomic mass is 10.1. The van der Waals surface area contributed by atoms with Gasteiger partial charge < -0.3 is 24.7 Å². The second kappa shape index (κ2) is 8.26. The lowest BCUT2D eigenvalue weighted by molar-refractivity contribution is 0.171. The van der Waals surface area contributed by atoms with Crippen molar-refractivity contribution in [2.75, 3.05) is 25.1 Å². The van der Waals surface area contributed by atoms with Crippen molar-refractivity contribution >= 4 is 22.6 Å². The van der Waals surface area contributed by atoms with E-state index in [1.54, 1.807) is 29.2 Å². The summed E-state index contributed by atoms with van der Waals surface area (Å²) < 4.78 is 11.1. The summed E-state index contributed by atoms with van der Waals surface area (Å²) in [6.45, 7) is 3.93. The second-order valence-electron chi connectivity index (χ2n) is 6.91. The fourth-order valence-corrected chi connectivity index (χ4v) is 3.46. The van der Waals surface area contributed by atoms with E-state index < -0.39 is 0 Å². The number of carbonyl (C=O) groups is 1. The molecule has 2 N–H and O–H groups in total. The summed E-state index contributed by atoms with van der Waals surface area (Å²) in [5.74, 6) is 1.30. The van der Waals surface area contributed by atoms with Gasteiger partial charge in [-0.25, -0.2) is 4.79 Å². The van der Waals surface area contributed by atoms with Crippen LogP contribution >= 0.6 is 0 Å². The summed E-state index contributed by atoms with van der Waals surface area (Å²) in [5.41, 5.74) is 2.03. The summed E-state index contributed by atoms with van der Waals surface area (Å²) >= 11 is 0. The summed E-state index contributed by atoms with van der Waals surface area (Å²) in [4.78, 5) is 29.5. The van der Waals surface area contributed by atoms with Crippen molar-refractivity contribution in [3.8, 4) is 11.5 Å². The maximum absolute atomic E-state index is 13.0. The van der Waals surface area contributed by atoms with Gasteiger partial charge in [-0.15, -0.1) is 0 Å². The highest BCUT2D eigenvalue weighted by atomic mass is 16.6. The minimum Gasteiger partial charge on any atom is -0.486 e. The summed E-state index contributed by atoms with van der Waals surface area (Å²) in [6.07, 6.45) is 0.801. The van der Waals surface area contributed by atoms with Crippen LogP contribution in [0, 0.1) is 0 Å². The van der Waals surface area contributed by atoms with Gasteiger partial charge in [0, 0.05) is 41.8 Å². The van der Waals surface area contributed by atoms with Crippen LogP contribution < -0.4 is 20.3 Å². The van der Waals surface area contributed by atoms with Crippen molar-refractivity contribution in [3.63, 3.8) is 0 Å². The minimum atomic E-state index is -0.229. The molecule has 1 aromatic heterocycles. The number of para-hydroxylation sites is 1. The number of hydrogen-bond donors (Lipinski definition) is 2. The normalized spacial score (nSPS) is 12.6. The minimum absolute atomic E-state index is 0.178. The molecule has 0 fully saturated rings. The molecule has 4 rings (SSSR count). The Morgan fingerprint density at radius 3 is 2.72 bits per heavy atom. The van der Waals surface area contributed by atoms with E-state index in [1.807, 2.05) is 31.2 Å². The Hall–Kier alpha value is -3.48. The zero-order chi connectivity index (χ0) is 20.2. The Bertz CT molecular complexity index is 1090. The smallest absolute Gasteiger partial charge is 0.322 e. The molecule has 7 nitrogen and oxygen atoms in total. The molecule has 0 atom stereocenters. The van der Waals surface area contributed by atoms with Gasteiger partial charge >= 0.3 is 6.03 Å². The molecule has 7 heteroatoms. The Morgan fingerprint density at radius 1 is 1.10 bits per heavy atom. The fraction of sp³-hybridized carbons (Fsp3) is 0.273. The van der Waals surface area contributed by atoms with Gasteiger partial charge in [-0.3, -0.25) is 4.79 Å². The SMILES string of the molecule is CCCN(Cc1cc(=O)[nH]c2ccccc12)C(=O)Nc1ccc2c(c1)OCCO2. The van der Waals surface area contributed by atoms with Gasteiger partial charge in [0.05, 0.1) is 0 Å². The molecule has 0 unspecified atom stereocenters. The van der Waals surface area contributed by atoms with Gasteiger partial charge in [-0.1, -0.05) is 25.1 Å². The maximum atomic E-state index is 13.0. The van der Waals surface area contributed by atoms with E-state index in [0.717, 1.165) is 22.9 Å². The van der Waals surface area contributed by atoms with Crippen LogP contribution in [0.25, 0.3) is 10.9 Å². The topological polar surface area (TPSA) is 83.7 Å². The molecule has 29 heavy (non-hydrogen) atoms.